The van der Waals surface area contributed by atoms with Gasteiger partial charge in [-0.3, -0.25) is 19.8 Å². The number of hydrogen-bond acceptors (Lipinski definition) is 2. The van der Waals surface area contributed by atoms with E-state index in [2.05, 4.69) is 27.4 Å². The number of amides is 1. The van der Waals surface area contributed by atoms with Crippen molar-refractivity contribution in [3.8, 4) is 23.1 Å². The molecule has 1 heterocycles. The van der Waals surface area contributed by atoms with Crippen LogP contribution in [-0.2, 0) is 4.79 Å². The summed E-state index contributed by atoms with van der Waals surface area (Å²) in [6, 6.07) is 9.23. The molecule has 1 amide bonds. The minimum Gasteiger partial charge on any atom is -0.309 e. The first kappa shape index (κ1) is 11.7. The van der Waals surface area contributed by atoms with Gasteiger partial charge in [-0.15, -0.1) is 0 Å². The van der Waals surface area contributed by atoms with Gasteiger partial charge in [0.05, 0.1) is 5.69 Å². The summed E-state index contributed by atoms with van der Waals surface area (Å²) in [6.45, 7) is 1.55. The summed E-state index contributed by atoms with van der Waals surface area (Å²) >= 11 is 0. The fourth-order valence-electron chi connectivity index (χ4n) is 1.56. The molecule has 2 rings (SSSR count). The number of carbonyl (C=O) groups is 1. The largest absolute Gasteiger partial charge is 0.309 e. The van der Waals surface area contributed by atoms with Gasteiger partial charge in [0, 0.05) is 5.56 Å². The second-order valence-corrected chi connectivity index (χ2v) is 3.52. The average molecular weight is 241 g/mol. The molecule has 0 aliphatic heterocycles. The molecule has 0 unspecified atom stereocenters. The standard InChI is InChI=1S/C13H11N3O2/c1-2-6-10(17)14-12-11(15-16-13(12)18)9-7-4-3-5-8-9/h3-5,7-8H,1H3,(H,14,17)(H2,15,16,18). The van der Waals surface area contributed by atoms with Crippen LogP contribution in [0.15, 0.2) is 35.1 Å². The van der Waals surface area contributed by atoms with E-state index in [-0.39, 0.29) is 11.2 Å². The van der Waals surface area contributed by atoms with Crippen molar-refractivity contribution in [3.63, 3.8) is 0 Å². The lowest BCUT2D eigenvalue weighted by atomic mass is 10.1. The Morgan fingerprint density at radius 2 is 1.94 bits per heavy atom. The molecule has 0 spiro atoms. The van der Waals surface area contributed by atoms with E-state index < -0.39 is 5.91 Å². The highest BCUT2D eigenvalue weighted by molar-refractivity contribution is 6.05. The summed E-state index contributed by atoms with van der Waals surface area (Å²) in [5.41, 5.74) is 1.12. The SMILES string of the molecule is CC#CC(=O)Nc1c(-c2ccccc2)[nH][nH]c1=O. The predicted octanol–water partition coefficient (Wildman–Crippen LogP) is 1.33. The van der Waals surface area contributed by atoms with Crippen molar-refractivity contribution < 1.29 is 4.79 Å². The van der Waals surface area contributed by atoms with Crippen molar-refractivity contribution in [1.82, 2.24) is 10.2 Å². The van der Waals surface area contributed by atoms with E-state index in [1.807, 2.05) is 30.3 Å². The molecule has 0 saturated carbocycles. The summed E-state index contributed by atoms with van der Waals surface area (Å²) in [6.07, 6.45) is 0. The molecular weight excluding hydrogens is 230 g/mol. The number of anilines is 1. The molecule has 0 bridgehead atoms. The zero-order valence-electron chi connectivity index (χ0n) is 9.70. The molecule has 3 N–H and O–H groups in total. The minimum atomic E-state index is -0.514. The van der Waals surface area contributed by atoms with Gasteiger partial charge in [-0.25, -0.2) is 0 Å². The fourth-order valence-corrected chi connectivity index (χ4v) is 1.56. The van der Waals surface area contributed by atoms with Gasteiger partial charge < -0.3 is 5.32 Å². The maximum absolute atomic E-state index is 11.6. The molecule has 1 aromatic heterocycles. The molecule has 0 aliphatic rings. The first-order valence-electron chi connectivity index (χ1n) is 5.32. The predicted molar refractivity (Wildman–Crippen MR) is 68.9 cm³/mol. The van der Waals surface area contributed by atoms with Crippen molar-refractivity contribution in [1.29, 1.82) is 0 Å². The van der Waals surface area contributed by atoms with Gasteiger partial charge >= 0.3 is 0 Å². The van der Waals surface area contributed by atoms with Crippen LogP contribution in [0.5, 0.6) is 0 Å². The van der Waals surface area contributed by atoms with Crippen molar-refractivity contribution in [2.45, 2.75) is 6.92 Å². The number of aromatic amines is 2. The van der Waals surface area contributed by atoms with Crippen LogP contribution in [0.25, 0.3) is 11.3 Å². The fraction of sp³-hybridized carbons (Fsp3) is 0.0769. The Labute approximate surface area is 103 Å². The van der Waals surface area contributed by atoms with E-state index in [9.17, 15) is 9.59 Å². The Morgan fingerprint density at radius 1 is 1.22 bits per heavy atom. The van der Waals surface area contributed by atoms with Crippen LogP contribution in [0, 0.1) is 11.8 Å². The van der Waals surface area contributed by atoms with E-state index in [0.717, 1.165) is 5.56 Å². The van der Waals surface area contributed by atoms with Crippen LogP contribution in [0.1, 0.15) is 6.92 Å². The highest BCUT2D eigenvalue weighted by Gasteiger charge is 2.13. The molecule has 90 valence electrons. The lowest BCUT2D eigenvalue weighted by Crippen LogP contribution is -2.15. The summed E-state index contributed by atoms with van der Waals surface area (Å²) in [4.78, 5) is 23.0. The molecule has 1 aromatic carbocycles. The van der Waals surface area contributed by atoms with E-state index in [4.69, 9.17) is 0 Å². The quantitative estimate of drug-likeness (QED) is 0.694. The second-order valence-electron chi connectivity index (χ2n) is 3.52. The molecule has 2 aromatic rings. The maximum atomic E-state index is 11.6. The molecule has 0 aliphatic carbocycles. The van der Waals surface area contributed by atoms with Gasteiger partial charge in [0.2, 0.25) is 0 Å². The molecule has 5 heteroatoms. The van der Waals surface area contributed by atoms with Crippen LogP contribution in [0.4, 0.5) is 5.69 Å². The number of aromatic nitrogens is 2. The maximum Gasteiger partial charge on any atom is 0.300 e. The third-order valence-corrected chi connectivity index (χ3v) is 2.32. The smallest absolute Gasteiger partial charge is 0.300 e. The molecule has 0 atom stereocenters. The van der Waals surface area contributed by atoms with Gasteiger partial charge in [-0.2, -0.15) is 0 Å². The third-order valence-electron chi connectivity index (χ3n) is 2.32. The first-order valence-corrected chi connectivity index (χ1v) is 5.32. The Hall–Kier alpha value is -2.74. The normalized spacial score (nSPS) is 9.39. The molecule has 0 radical (unpaired) electrons. The lowest BCUT2D eigenvalue weighted by Gasteiger charge is -2.01. The highest BCUT2D eigenvalue weighted by atomic mass is 16.2. The monoisotopic (exact) mass is 241 g/mol. The van der Waals surface area contributed by atoms with Crippen LogP contribution >= 0.6 is 0 Å². The van der Waals surface area contributed by atoms with Gasteiger partial charge in [0.15, 0.2) is 0 Å². The Morgan fingerprint density at radius 3 is 2.61 bits per heavy atom. The molecule has 5 nitrogen and oxygen atoms in total. The summed E-state index contributed by atoms with van der Waals surface area (Å²) in [7, 11) is 0. The Kier molecular flexibility index (Phi) is 3.30. The highest BCUT2D eigenvalue weighted by Crippen LogP contribution is 2.21. The van der Waals surface area contributed by atoms with Crippen LogP contribution in [0.2, 0.25) is 0 Å². The van der Waals surface area contributed by atoms with Gasteiger partial charge in [-0.05, 0) is 12.8 Å². The van der Waals surface area contributed by atoms with Crippen molar-refractivity contribution in [2.24, 2.45) is 0 Å². The second kappa shape index (κ2) is 5.06. The van der Waals surface area contributed by atoms with Crippen molar-refractivity contribution in [3.05, 3.63) is 40.7 Å². The summed E-state index contributed by atoms with van der Waals surface area (Å²) < 4.78 is 0. The number of nitrogens with one attached hydrogen (secondary N) is 3. The zero-order valence-corrected chi connectivity index (χ0v) is 9.70. The number of hydrogen-bond donors (Lipinski definition) is 3. The average Bonchev–Trinajstić information content (AvgIpc) is 2.73. The summed E-state index contributed by atoms with van der Waals surface area (Å²) in [5, 5.41) is 7.65. The van der Waals surface area contributed by atoms with E-state index in [1.54, 1.807) is 6.92 Å². The number of H-pyrrole nitrogens is 2. The van der Waals surface area contributed by atoms with E-state index in [1.165, 1.54) is 0 Å². The van der Waals surface area contributed by atoms with Crippen LogP contribution < -0.4 is 10.9 Å². The van der Waals surface area contributed by atoms with Crippen LogP contribution in [-0.4, -0.2) is 16.1 Å². The Bertz CT molecular complexity index is 671. The number of carbonyl (C=O) groups excluding carboxylic acids is 1. The molecule has 0 fully saturated rings. The third kappa shape index (κ3) is 2.33. The van der Waals surface area contributed by atoms with Gasteiger partial charge in [0.25, 0.3) is 11.5 Å². The van der Waals surface area contributed by atoms with Crippen molar-refractivity contribution >= 4 is 11.6 Å². The molecule has 18 heavy (non-hydrogen) atoms. The van der Waals surface area contributed by atoms with Crippen LogP contribution in [0.3, 0.4) is 0 Å². The number of benzene rings is 1. The zero-order chi connectivity index (χ0) is 13.0. The Balaban J connectivity index is 2.42. The van der Waals surface area contributed by atoms with Gasteiger partial charge in [-0.1, -0.05) is 36.3 Å². The van der Waals surface area contributed by atoms with Gasteiger partial charge in [0.1, 0.15) is 5.69 Å². The lowest BCUT2D eigenvalue weighted by molar-refractivity contribution is -0.111. The first-order chi connectivity index (χ1) is 8.72. The van der Waals surface area contributed by atoms with E-state index in [0.29, 0.717) is 5.69 Å². The number of rotatable bonds is 2. The molecular formula is C13H11N3O2. The minimum absolute atomic E-state index is 0.175. The van der Waals surface area contributed by atoms with Crippen molar-refractivity contribution in [2.75, 3.05) is 5.32 Å². The molecule has 0 saturated heterocycles. The summed E-state index contributed by atoms with van der Waals surface area (Å²) in [5.74, 6) is 4.28. The topological polar surface area (TPSA) is 77.8 Å². The van der Waals surface area contributed by atoms with E-state index >= 15 is 0 Å².